The average molecular weight is 204 g/mol. The molecule has 0 aromatic carbocycles. The molecule has 0 saturated heterocycles. The SMILES string of the molecule is CCCCCCCCC(O)C(=O)OO. The predicted octanol–water partition coefficient (Wildman–Crippen LogP) is 2.11. The van der Waals surface area contributed by atoms with E-state index < -0.39 is 12.1 Å². The molecule has 0 amide bonds. The molecule has 4 heteroatoms. The highest BCUT2D eigenvalue weighted by Crippen LogP contribution is 2.08. The van der Waals surface area contributed by atoms with Gasteiger partial charge in [-0.2, -0.15) is 5.26 Å². The normalized spacial score (nSPS) is 12.5. The van der Waals surface area contributed by atoms with Gasteiger partial charge in [-0.25, -0.2) is 4.79 Å². The van der Waals surface area contributed by atoms with Gasteiger partial charge >= 0.3 is 5.97 Å². The second-order valence-electron chi connectivity index (χ2n) is 3.48. The number of aliphatic hydroxyl groups excluding tert-OH is 1. The summed E-state index contributed by atoms with van der Waals surface area (Å²) in [7, 11) is 0. The largest absolute Gasteiger partial charge is 0.381 e. The van der Waals surface area contributed by atoms with Gasteiger partial charge in [-0.15, -0.1) is 0 Å². The third-order valence-corrected chi connectivity index (χ3v) is 2.19. The predicted molar refractivity (Wildman–Crippen MR) is 52.7 cm³/mol. The van der Waals surface area contributed by atoms with Crippen molar-refractivity contribution in [2.45, 2.75) is 58.0 Å². The van der Waals surface area contributed by atoms with E-state index in [1.165, 1.54) is 19.3 Å². The van der Waals surface area contributed by atoms with Crippen molar-refractivity contribution < 1.29 is 20.0 Å². The molecule has 0 radical (unpaired) electrons. The fourth-order valence-electron chi connectivity index (χ4n) is 1.30. The van der Waals surface area contributed by atoms with Crippen molar-refractivity contribution in [3.63, 3.8) is 0 Å². The molecular formula is C10H20O4. The van der Waals surface area contributed by atoms with Gasteiger partial charge in [0.15, 0.2) is 6.10 Å². The van der Waals surface area contributed by atoms with E-state index in [0.717, 1.165) is 19.3 Å². The first kappa shape index (κ1) is 13.4. The summed E-state index contributed by atoms with van der Waals surface area (Å²) >= 11 is 0. The van der Waals surface area contributed by atoms with E-state index >= 15 is 0 Å². The fraction of sp³-hybridized carbons (Fsp3) is 0.900. The first-order chi connectivity index (χ1) is 6.72. The molecule has 0 rings (SSSR count). The van der Waals surface area contributed by atoms with Crippen LogP contribution in [0.5, 0.6) is 0 Å². The molecule has 0 spiro atoms. The summed E-state index contributed by atoms with van der Waals surface area (Å²) in [5.74, 6) is -0.960. The summed E-state index contributed by atoms with van der Waals surface area (Å²) in [4.78, 5) is 14.0. The third-order valence-electron chi connectivity index (χ3n) is 2.19. The molecule has 84 valence electrons. The van der Waals surface area contributed by atoms with Gasteiger partial charge in [0.05, 0.1) is 0 Å². The number of aliphatic hydroxyl groups is 1. The van der Waals surface area contributed by atoms with Crippen molar-refractivity contribution in [2.75, 3.05) is 0 Å². The molecule has 0 aliphatic rings. The molecule has 1 atom stereocenters. The molecule has 2 N–H and O–H groups in total. The number of rotatable bonds is 8. The van der Waals surface area contributed by atoms with Crippen LogP contribution in [0.1, 0.15) is 51.9 Å². The zero-order valence-corrected chi connectivity index (χ0v) is 8.74. The zero-order chi connectivity index (χ0) is 10.8. The van der Waals surface area contributed by atoms with Crippen LogP contribution in [0.25, 0.3) is 0 Å². The number of hydrogen-bond acceptors (Lipinski definition) is 4. The Balaban J connectivity index is 3.23. The lowest BCUT2D eigenvalue weighted by atomic mass is 10.1. The summed E-state index contributed by atoms with van der Waals surface area (Å²) in [6, 6.07) is 0. The zero-order valence-electron chi connectivity index (χ0n) is 8.74. The van der Waals surface area contributed by atoms with E-state index in [4.69, 9.17) is 10.4 Å². The number of hydrogen-bond donors (Lipinski definition) is 2. The maximum atomic E-state index is 10.6. The summed E-state index contributed by atoms with van der Waals surface area (Å²) in [6.45, 7) is 2.15. The van der Waals surface area contributed by atoms with E-state index in [9.17, 15) is 4.79 Å². The summed E-state index contributed by atoms with van der Waals surface area (Å²) in [5, 5.41) is 17.1. The van der Waals surface area contributed by atoms with Crippen LogP contribution in [0.15, 0.2) is 0 Å². The Morgan fingerprint density at radius 2 is 1.79 bits per heavy atom. The highest BCUT2D eigenvalue weighted by atomic mass is 17.1. The lowest BCUT2D eigenvalue weighted by Gasteiger charge is -2.05. The summed E-state index contributed by atoms with van der Waals surface area (Å²) in [5.41, 5.74) is 0. The van der Waals surface area contributed by atoms with Crippen molar-refractivity contribution in [3.8, 4) is 0 Å². The molecule has 0 saturated carbocycles. The van der Waals surface area contributed by atoms with Crippen LogP contribution in [0, 0.1) is 0 Å². The van der Waals surface area contributed by atoms with E-state index in [2.05, 4.69) is 11.8 Å². The molecule has 0 aromatic heterocycles. The lowest BCUT2D eigenvalue weighted by Crippen LogP contribution is -2.21. The Labute approximate surface area is 84.8 Å². The van der Waals surface area contributed by atoms with E-state index in [1.807, 2.05) is 0 Å². The second kappa shape index (κ2) is 8.97. The van der Waals surface area contributed by atoms with Gasteiger partial charge in [0.1, 0.15) is 0 Å². The van der Waals surface area contributed by atoms with Crippen molar-refractivity contribution in [1.82, 2.24) is 0 Å². The topological polar surface area (TPSA) is 66.8 Å². The van der Waals surface area contributed by atoms with Crippen molar-refractivity contribution in [1.29, 1.82) is 0 Å². The monoisotopic (exact) mass is 204 g/mol. The summed E-state index contributed by atoms with van der Waals surface area (Å²) < 4.78 is 0. The van der Waals surface area contributed by atoms with Crippen LogP contribution in [-0.2, 0) is 9.68 Å². The molecule has 0 aliphatic carbocycles. The maximum Gasteiger partial charge on any atom is 0.370 e. The van der Waals surface area contributed by atoms with Gasteiger partial charge in [-0.3, -0.25) is 4.89 Å². The molecule has 4 nitrogen and oxygen atoms in total. The number of carbonyl (C=O) groups is 1. The number of carbonyl (C=O) groups excluding carboxylic acids is 1. The summed E-state index contributed by atoms with van der Waals surface area (Å²) in [6.07, 6.45) is 5.78. The van der Waals surface area contributed by atoms with Crippen molar-refractivity contribution >= 4 is 5.97 Å². The van der Waals surface area contributed by atoms with Gasteiger partial charge in [-0.05, 0) is 6.42 Å². The van der Waals surface area contributed by atoms with E-state index in [-0.39, 0.29) is 0 Å². The molecule has 1 unspecified atom stereocenters. The minimum atomic E-state index is -1.17. The maximum absolute atomic E-state index is 10.6. The van der Waals surface area contributed by atoms with Crippen LogP contribution in [-0.4, -0.2) is 22.4 Å². The first-order valence-electron chi connectivity index (χ1n) is 5.25. The Kier molecular flexibility index (Phi) is 8.57. The van der Waals surface area contributed by atoms with Gasteiger partial charge < -0.3 is 5.11 Å². The Bertz CT molecular complexity index is 147. The quantitative estimate of drug-likeness (QED) is 0.361. The first-order valence-corrected chi connectivity index (χ1v) is 5.25. The molecule has 14 heavy (non-hydrogen) atoms. The molecule has 0 bridgehead atoms. The Hall–Kier alpha value is -0.610. The third kappa shape index (κ3) is 6.86. The lowest BCUT2D eigenvalue weighted by molar-refractivity contribution is -0.242. The Morgan fingerprint density at radius 1 is 1.21 bits per heavy atom. The van der Waals surface area contributed by atoms with E-state index in [0.29, 0.717) is 6.42 Å². The second-order valence-corrected chi connectivity index (χ2v) is 3.48. The fourth-order valence-corrected chi connectivity index (χ4v) is 1.30. The smallest absolute Gasteiger partial charge is 0.370 e. The van der Waals surface area contributed by atoms with Gasteiger partial charge in [0.2, 0.25) is 0 Å². The van der Waals surface area contributed by atoms with Crippen LogP contribution in [0.2, 0.25) is 0 Å². The molecule has 0 heterocycles. The van der Waals surface area contributed by atoms with Gasteiger partial charge in [-0.1, -0.05) is 45.4 Å². The van der Waals surface area contributed by atoms with Crippen molar-refractivity contribution in [3.05, 3.63) is 0 Å². The molecule has 0 fully saturated rings. The van der Waals surface area contributed by atoms with Gasteiger partial charge in [0, 0.05) is 0 Å². The molecular weight excluding hydrogens is 184 g/mol. The van der Waals surface area contributed by atoms with Gasteiger partial charge in [0.25, 0.3) is 0 Å². The van der Waals surface area contributed by atoms with E-state index in [1.54, 1.807) is 0 Å². The highest BCUT2D eigenvalue weighted by Gasteiger charge is 2.15. The standard InChI is InChI=1S/C10H20O4/c1-2-3-4-5-6-7-8-9(11)10(12)14-13/h9,11,13H,2-8H2,1H3. The van der Waals surface area contributed by atoms with Crippen LogP contribution in [0.4, 0.5) is 0 Å². The average Bonchev–Trinajstić information content (AvgIpc) is 2.21. The molecule has 0 aliphatic heterocycles. The van der Waals surface area contributed by atoms with Crippen molar-refractivity contribution in [2.24, 2.45) is 0 Å². The minimum Gasteiger partial charge on any atom is -0.381 e. The van der Waals surface area contributed by atoms with Crippen LogP contribution in [0.3, 0.4) is 0 Å². The molecule has 0 aromatic rings. The van der Waals surface area contributed by atoms with Crippen LogP contribution < -0.4 is 0 Å². The minimum absolute atomic E-state index is 0.367. The highest BCUT2D eigenvalue weighted by molar-refractivity contribution is 5.73. The Morgan fingerprint density at radius 3 is 2.36 bits per heavy atom. The number of unbranched alkanes of at least 4 members (excludes halogenated alkanes) is 5. The van der Waals surface area contributed by atoms with Crippen LogP contribution >= 0.6 is 0 Å².